The summed E-state index contributed by atoms with van der Waals surface area (Å²) in [7, 11) is -3.78. The highest BCUT2D eigenvalue weighted by Gasteiger charge is 2.11. The molecule has 0 bridgehead atoms. The third kappa shape index (κ3) is 5.07. The van der Waals surface area contributed by atoms with Crippen molar-refractivity contribution in [3.63, 3.8) is 0 Å². The molecule has 0 unspecified atom stereocenters. The van der Waals surface area contributed by atoms with E-state index < -0.39 is 16.0 Å². The molecule has 0 fully saturated rings. The summed E-state index contributed by atoms with van der Waals surface area (Å²) in [6.45, 7) is 4.27. The van der Waals surface area contributed by atoms with Gasteiger partial charge in [-0.15, -0.1) is 0 Å². The van der Waals surface area contributed by atoms with Gasteiger partial charge in [-0.2, -0.15) is 0 Å². The Morgan fingerprint density at radius 2 is 1.58 bits per heavy atom. The highest BCUT2D eigenvalue weighted by atomic mass is 32.2. The van der Waals surface area contributed by atoms with Gasteiger partial charge in [-0.25, -0.2) is 18.4 Å². The number of benzene rings is 2. The number of carbonyl (C=O) groups excluding carboxylic acids is 1. The van der Waals surface area contributed by atoms with E-state index in [1.54, 1.807) is 0 Å². The van der Waals surface area contributed by atoms with Gasteiger partial charge in [-0.3, -0.25) is 0 Å². The van der Waals surface area contributed by atoms with E-state index in [4.69, 9.17) is 14.6 Å². The Morgan fingerprint density at radius 1 is 1.00 bits per heavy atom. The molecule has 0 spiro atoms. The molecule has 7 heteroatoms. The molecule has 0 saturated carbocycles. The second-order valence-corrected chi connectivity index (χ2v) is 6.94. The van der Waals surface area contributed by atoms with E-state index in [1.165, 1.54) is 24.3 Å². The minimum atomic E-state index is -3.78. The number of primary sulfonamides is 1. The van der Waals surface area contributed by atoms with Crippen molar-refractivity contribution in [3.05, 3.63) is 59.2 Å². The summed E-state index contributed by atoms with van der Waals surface area (Å²) < 4.78 is 32.9. The Kier molecular flexibility index (Phi) is 5.58. The molecule has 0 aliphatic rings. The van der Waals surface area contributed by atoms with Crippen LogP contribution in [0.5, 0.6) is 5.75 Å². The van der Waals surface area contributed by atoms with Crippen molar-refractivity contribution in [2.24, 2.45) is 5.14 Å². The van der Waals surface area contributed by atoms with Gasteiger partial charge in [0.1, 0.15) is 19.0 Å². The third-order valence-electron chi connectivity index (χ3n) is 3.20. The van der Waals surface area contributed by atoms with Crippen LogP contribution in [0.2, 0.25) is 0 Å². The second kappa shape index (κ2) is 7.46. The van der Waals surface area contributed by atoms with Gasteiger partial charge in [0.2, 0.25) is 10.0 Å². The average molecular weight is 349 g/mol. The Labute approximate surface area is 141 Å². The third-order valence-corrected chi connectivity index (χ3v) is 4.13. The number of ether oxygens (including phenoxy) is 2. The molecule has 0 aliphatic heterocycles. The molecule has 128 valence electrons. The lowest BCUT2D eigenvalue weighted by Crippen LogP contribution is -2.14. The molecule has 0 radical (unpaired) electrons. The fourth-order valence-corrected chi connectivity index (χ4v) is 2.69. The molecule has 0 amide bonds. The SMILES string of the molecule is Cc1cc(C)cc(OCCOC(=O)c2ccc(S(N)(=O)=O)cc2)c1. The summed E-state index contributed by atoms with van der Waals surface area (Å²) >= 11 is 0. The smallest absolute Gasteiger partial charge is 0.338 e. The van der Waals surface area contributed by atoms with Crippen LogP contribution >= 0.6 is 0 Å². The van der Waals surface area contributed by atoms with Crippen molar-refractivity contribution in [2.75, 3.05) is 13.2 Å². The van der Waals surface area contributed by atoms with Crippen LogP contribution in [0.1, 0.15) is 21.5 Å². The summed E-state index contributed by atoms with van der Waals surface area (Å²) in [5.41, 5.74) is 2.43. The van der Waals surface area contributed by atoms with Gasteiger partial charge in [0.05, 0.1) is 10.5 Å². The lowest BCUT2D eigenvalue weighted by molar-refractivity contribution is 0.0450. The Balaban J connectivity index is 1.85. The number of hydrogen-bond donors (Lipinski definition) is 1. The van der Waals surface area contributed by atoms with Crippen molar-refractivity contribution in [2.45, 2.75) is 18.7 Å². The first-order valence-electron chi connectivity index (χ1n) is 7.27. The van der Waals surface area contributed by atoms with Gasteiger partial charge in [0.25, 0.3) is 0 Å². The van der Waals surface area contributed by atoms with Crippen molar-refractivity contribution in [1.82, 2.24) is 0 Å². The standard InChI is InChI=1S/C17H19NO5S/c1-12-9-13(2)11-15(10-12)22-7-8-23-17(19)14-3-5-16(6-4-14)24(18,20)21/h3-6,9-11H,7-8H2,1-2H3,(H2,18,20,21). The molecule has 2 aromatic rings. The Hall–Kier alpha value is -2.38. The van der Waals surface area contributed by atoms with Crippen molar-refractivity contribution >= 4 is 16.0 Å². The van der Waals surface area contributed by atoms with Crippen LogP contribution in [0.25, 0.3) is 0 Å². The van der Waals surface area contributed by atoms with Crippen LogP contribution in [-0.4, -0.2) is 27.6 Å². The van der Waals surface area contributed by atoms with E-state index in [0.29, 0.717) is 0 Å². The Bertz CT molecular complexity index is 808. The average Bonchev–Trinajstić information content (AvgIpc) is 2.50. The first-order chi connectivity index (χ1) is 11.3. The molecule has 2 N–H and O–H groups in total. The van der Waals surface area contributed by atoms with E-state index in [2.05, 4.69) is 0 Å². The summed E-state index contributed by atoms with van der Waals surface area (Å²) in [6, 6.07) is 11.1. The summed E-state index contributed by atoms with van der Waals surface area (Å²) in [5.74, 6) is 0.168. The van der Waals surface area contributed by atoms with Crippen LogP contribution in [-0.2, 0) is 14.8 Å². The lowest BCUT2D eigenvalue weighted by atomic mass is 10.1. The van der Waals surface area contributed by atoms with E-state index in [1.807, 2.05) is 32.0 Å². The molecule has 0 aliphatic carbocycles. The zero-order chi connectivity index (χ0) is 17.7. The number of sulfonamides is 1. The fourth-order valence-electron chi connectivity index (χ4n) is 2.17. The second-order valence-electron chi connectivity index (χ2n) is 5.38. The monoisotopic (exact) mass is 349 g/mol. The maximum atomic E-state index is 11.9. The zero-order valence-electron chi connectivity index (χ0n) is 13.5. The lowest BCUT2D eigenvalue weighted by Gasteiger charge is -2.09. The van der Waals surface area contributed by atoms with Crippen LogP contribution in [0, 0.1) is 13.8 Å². The van der Waals surface area contributed by atoms with E-state index in [0.717, 1.165) is 16.9 Å². The van der Waals surface area contributed by atoms with Gasteiger partial charge in [0, 0.05) is 0 Å². The van der Waals surface area contributed by atoms with Crippen molar-refractivity contribution < 1.29 is 22.7 Å². The van der Waals surface area contributed by atoms with Crippen molar-refractivity contribution in [3.8, 4) is 5.75 Å². The number of aryl methyl sites for hydroxylation is 2. The molecular weight excluding hydrogens is 330 g/mol. The molecular formula is C17H19NO5S. The minimum Gasteiger partial charge on any atom is -0.490 e. The minimum absolute atomic E-state index is 0.0581. The molecule has 0 saturated heterocycles. The van der Waals surface area contributed by atoms with E-state index >= 15 is 0 Å². The normalized spacial score (nSPS) is 11.1. The number of hydrogen-bond acceptors (Lipinski definition) is 5. The molecule has 6 nitrogen and oxygen atoms in total. The van der Waals surface area contributed by atoms with Gasteiger partial charge >= 0.3 is 5.97 Å². The topological polar surface area (TPSA) is 95.7 Å². The number of esters is 1. The maximum Gasteiger partial charge on any atom is 0.338 e. The highest BCUT2D eigenvalue weighted by Crippen LogP contribution is 2.16. The largest absolute Gasteiger partial charge is 0.490 e. The van der Waals surface area contributed by atoms with Crippen LogP contribution in [0.4, 0.5) is 0 Å². The predicted molar refractivity (Wildman–Crippen MR) is 89.5 cm³/mol. The molecule has 0 heterocycles. The zero-order valence-corrected chi connectivity index (χ0v) is 14.3. The maximum absolute atomic E-state index is 11.9. The molecule has 2 rings (SSSR count). The van der Waals surface area contributed by atoms with Crippen LogP contribution in [0.3, 0.4) is 0 Å². The highest BCUT2D eigenvalue weighted by molar-refractivity contribution is 7.89. The predicted octanol–water partition coefficient (Wildman–Crippen LogP) is 2.19. The van der Waals surface area contributed by atoms with Crippen LogP contribution in [0.15, 0.2) is 47.4 Å². The molecule has 0 atom stereocenters. The molecule has 0 aromatic heterocycles. The quantitative estimate of drug-likeness (QED) is 0.637. The number of nitrogens with two attached hydrogens (primary N) is 1. The van der Waals surface area contributed by atoms with Gasteiger partial charge in [-0.05, 0) is 61.4 Å². The van der Waals surface area contributed by atoms with Gasteiger partial charge in [0.15, 0.2) is 0 Å². The summed E-state index contributed by atoms with van der Waals surface area (Å²) in [5, 5.41) is 5.00. The summed E-state index contributed by atoms with van der Waals surface area (Å²) in [6.07, 6.45) is 0. The first-order valence-corrected chi connectivity index (χ1v) is 8.81. The van der Waals surface area contributed by atoms with E-state index in [-0.39, 0.29) is 23.7 Å². The fraction of sp³-hybridized carbons (Fsp3) is 0.235. The van der Waals surface area contributed by atoms with Gasteiger partial charge in [-0.1, -0.05) is 6.07 Å². The summed E-state index contributed by atoms with van der Waals surface area (Å²) in [4.78, 5) is 11.8. The van der Waals surface area contributed by atoms with Crippen LogP contribution < -0.4 is 9.88 Å². The number of carbonyl (C=O) groups is 1. The molecule has 2 aromatic carbocycles. The van der Waals surface area contributed by atoms with Crippen molar-refractivity contribution in [1.29, 1.82) is 0 Å². The Morgan fingerprint density at radius 3 is 2.12 bits per heavy atom. The number of rotatable bonds is 6. The van der Waals surface area contributed by atoms with Gasteiger partial charge < -0.3 is 9.47 Å². The molecule has 24 heavy (non-hydrogen) atoms. The van der Waals surface area contributed by atoms with E-state index in [9.17, 15) is 13.2 Å². The first kappa shape index (κ1) is 18.0.